The molecular formula is C23H19F3N2O4. The van der Waals surface area contributed by atoms with Crippen LogP contribution in [-0.2, 0) is 6.18 Å². The van der Waals surface area contributed by atoms with Crippen molar-refractivity contribution < 1.29 is 32.2 Å². The Morgan fingerprint density at radius 2 is 1.78 bits per heavy atom. The van der Waals surface area contributed by atoms with Gasteiger partial charge in [-0.3, -0.25) is 9.59 Å². The van der Waals surface area contributed by atoms with Crippen LogP contribution in [0, 0.1) is 13.8 Å². The van der Waals surface area contributed by atoms with Crippen LogP contribution in [-0.4, -0.2) is 23.1 Å². The van der Waals surface area contributed by atoms with E-state index >= 15 is 0 Å². The number of nitrogens with one attached hydrogen (secondary N) is 1. The number of anilines is 1. The third-order valence-electron chi connectivity index (χ3n) is 5.25. The summed E-state index contributed by atoms with van der Waals surface area (Å²) in [6.45, 7) is 4.53. The van der Waals surface area contributed by atoms with Gasteiger partial charge in [0.15, 0.2) is 17.3 Å². The number of ketones is 1. The highest BCUT2D eigenvalue weighted by Crippen LogP contribution is 2.41. The molecule has 6 nitrogen and oxygen atoms in total. The highest BCUT2D eigenvalue weighted by Gasteiger charge is 2.34. The smallest absolute Gasteiger partial charge is 0.418 e. The minimum atomic E-state index is -4.55. The Bertz CT molecular complexity index is 1240. The fourth-order valence-corrected chi connectivity index (χ4v) is 3.77. The summed E-state index contributed by atoms with van der Waals surface area (Å²) in [6, 6.07) is 9.72. The second-order valence-corrected chi connectivity index (χ2v) is 7.40. The Labute approximate surface area is 181 Å². The number of benzene rings is 2. The van der Waals surface area contributed by atoms with Crippen LogP contribution in [0.2, 0.25) is 0 Å². The number of carbonyl (C=O) groups excluding carboxylic acids is 2. The van der Waals surface area contributed by atoms with E-state index in [-0.39, 0.29) is 29.5 Å². The van der Waals surface area contributed by atoms with Crippen LogP contribution in [0.5, 0.6) is 11.5 Å². The van der Waals surface area contributed by atoms with Crippen LogP contribution in [0.15, 0.2) is 42.5 Å². The number of para-hydroxylation sites is 1. The lowest BCUT2D eigenvalue weighted by atomic mass is 10.1. The zero-order chi connectivity index (χ0) is 23.2. The summed E-state index contributed by atoms with van der Waals surface area (Å²) in [7, 11) is 0. The Balaban J connectivity index is 1.74. The Hall–Kier alpha value is -3.75. The van der Waals surface area contributed by atoms with E-state index in [1.807, 2.05) is 0 Å². The van der Waals surface area contributed by atoms with Crippen molar-refractivity contribution in [1.29, 1.82) is 0 Å². The van der Waals surface area contributed by atoms with Gasteiger partial charge in [-0.15, -0.1) is 0 Å². The van der Waals surface area contributed by atoms with Crippen molar-refractivity contribution >= 4 is 17.4 Å². The van der Waals surface area contributed by atoms with Gasteiger partial charge in [0.25, 0.3) is 5.91 Å². The van der Waals surface area contributed by atoms with Gasteiger partial charge < -0.3 is 19.4 Å². The molecule has 0 radical (unpaired) electrons. The number of alkyl halides is 3. The zero-order valence-electron chi connectivity index (χ0n) is 17.5. The first-order valence-electron chi connectivity index (χ1n) is 9.69. The van der Waals surface area contributed by atoms with Gasteiger partial charge in [-0.05, 0) is 51.1 Å². The van der Waals surface area contributed by atoms with Gasteiger partial charge in [0, 0.05) is 17.0 Å². The first-order valence-corrected chi connectivity index (χ1v) is 9.69. The first kappa shape index (κ1) is 21.5. The normalized spacial score (nSPS) is 12.7. The molecule has 9 heteroatoms. The standard InChI is InChI=1S/C23H19F3N2O4/c1-12-8-16(13(2)28(12)19-7-5-4-6-17(19)23(24,25)26)22(30)27-18-9-15(14(3)29)10-20-21(18)32-11-31-20/h4-10H,11H2,1-3H3,(H,27,30). The van der Waals surface area contributed by atoms with E-state index in [1.165, 1.54) is 47.9 Å². The van der Waals surface area contributed by atoms with Gasteiger partial charge in [0.2, 0.25) is 6.79 Å². The number of aryl methyl sites for hydroxylation is 1. The summed E-state index contributed by atoms with van der Waals surface area (Å²) in [5.74, 6) is -0.148. The predicted octanol–water partition coefficient (Wildman–Crippen LogP) is 5.30. The maximum atomic E-state index is 13.5. The fraction of sp³-hybridized carbons (Fsp3) is 0.217. The number of amides is 1. The minimum Gasteiger partial charge on any atom is -0.453 e. The zero-order valence-corrected chi connectivity index (χ0v) is 17.5. The SMILES string of the molecule is CC(=O)c1cc(NC(=O)c2cc(C)n(-c3ccccc3C(F)(F)F)c2C)c2c(c1)OCO2. The van der Waals surface area contributed by atoms with Crippen molar-refractivity contribution in [2.24, 2.45) is 0 Å². The molecule has 4 rings (SSSR count). The molecule has 2 aromatic carbocycles. The van der Waals surface area contributed by atoms with Crippen LogP contribution in [0.25, 0.3) is 5.69 Å². The van der Waals surface area contributed by atoms with E-state index in [9.17, 15) is 22.8 Å². The molecule has 0 saturated carbocycles. The summed E-state index contributed by atoms with van der Waals surface area (Å²) in [5, 5.41) is 2.70. The summed E-state index contributed by atoms with van der Waals surface area (Å²) >= 11 is 0. The maximum absolute atomic E-state index is 13.5. The molecule has 0 aliphatic carbocycles. The summed E-state index contributed by atoms with van der Waals surface area (Å²) < 4.78 is 52.7. The lowest BCUT2D eigenvalue weighted by Gasteiger charge is -2.17. The van der Waals surface area contributed by atoms with Crippen molar-refractivity contribution in [3.8, 4) is 17.2 Å². The molecule has 2 heterocycles. The molecule has 1 aliphatic rings. The van der Waals surface area contributed by atoms with E-state index < -0.39 is 17.6 Å². The largest absolute Gasteiger partial charge is 0.453 e. The number of rotatable bonds is 4. The van der Waals surface area contributed by atoms with Crippen molar-refractivity contribution in [1.82, 2.24) is 4.57 Å². The van der Waals surface area contributed by atoms with E-state index in [4.69, 9.17) is 9.47 Å². The van der Waals surface area contributed by atoms with E-state index in [0.29, 0.717) is 28.5 Å². The molecule has 0 atom stereocenters. The number of aromatic nitrogens is 1. The number of halogens is 3. The van der Waals surface area contributed by atoms with Gasteiger partial charge in [-0.1, -0.05) is 12.1 Å². The predicted molar refractivity (Wildman–Crippen MR) is 111 cm³/mol. The lowest BCUT2D eigenvalue weighted by Crippen LogP contribution is -2.15. The molecule has 1 aliphatic heterocycles. The summed E-state index contributed by atoms with van der Waals surface area (Å²) in [5.41, 5.74) is 0.710. The van der Waals surface area contributed by atoms with Crippen molar-refractivity contribution in [3.05, 3.63) is 70.5 Å². The fourth-order valence-electron chi connectivity index (χ4n) is 3.77. The molecule has 0 saturated heterocycles. The molecular weight excluding hydrogens is 425 g/mol. The number of fused-ring (bicyclic) bond motifs is 1. The van der Waals surface area contributed by atoms with Gasteiger partial charge in [-0.2, -0.15) is 13.2 Å². The van der Waals surface area contributed by atoms with Gasteiger partial charge >= 0.3 is 6.18 Å². The molecule has 1 amide bonds. The van der Waals surface area contributed by atoms with Crippen LogP contribution in [0.4, 0.5) is 18.9 Å². The number of hydrogen-bond donors (Lipinski definition) is 1. The molecule has 32 heavy (non-hydrogen) atoms. The maximum Gasteiger partial charge on any atom is 0.418 e. The minimum absolute atomic E-state index is 0.0533. The number of nitrogens with zero attached hydrogens (tertiary/aromatic N) is 1. The quantitative estimate of drug-likeness (QED) is 0.555. The first-order chi connectivity index (χ1) is 15.1. The highest BCUT2D eigenvalue weighted by molar-refractivity contribution is 6.07. The van der Waals surface area contributed by atoms with Gasteiger partial charge in [-0.25, -0.2) is 0 Å². The summed E-state index contributed by atoms with van der Waals surface area (Å²) in [4.78, 5) is 24.9. The Kier molecular flexibility index (Phi) is 5.20. The molecule has 0 fully saturated rings. The highest BCUT2D eigenvalue weighted by atomic mass is 19.4. The van der Waals surface area contributed by atoms with Gasteiger partial charge in [0.05, 0.1) is 22.5 Å². The van der Waals surface area contributed by atoms with E-state index in [2.05, 4.69) is 5.32 Å². The van der Waals surface area contributed by atoms with E-state index in [1.54, 1.807) is 13.8 Å². The van der Waals surface area contributed by atoms with Crippen molar-refractivity contribution in [2.75, 3.05) is 12.1 Å². The topological polar surface area (TPSA) is 69.6 Å². The molecule has 1 aromatic heterocycles. The summed E-state index contributed by atoms with van der Waals surface area (Å²) in [6.07, 6.45) is -4.55. The number of ether oxygens (including phenoxy) is 2. The van der Waals surface area contributed by atoms with Crippen LogP contribution in [0.1, 0.15) is 44.6 Å². The van der Waals surface area contributed by atoms with Crippen LogP contribution < -0.4 is 14.8 Å². The lowest BCUT2D eigenvalue weighted by molar-refractivity contribution is -0.137. The van der Waals surface area contributed by atoms with Crippen molar-refractivity contribution in [3.63, 3.8) is 0 Å². The van der Waals surface area contributed by atoms with Crippen LogP contribution >= 0.6 is 0 Å². The molecule has 0 bridgehead atoms. The number of hydrogen-bond acceptors (Lipinski definition) is 4. The third-order valence-corrected chi connectivity index (χ3v) is 5.25. The second kappa shape index (κ2) is 7.74. The average molecular weight is 444 g/mol. The Morgan fingerprint density at radius 1 is 1.06 bits per heavy atom. The monoisotopic (exact) mass is 444 g/mol. The van der Waals surface area contributed by atoms with Crippen molar-refractivity contribution in [2.45, 2.75) is 26.9 Å². The van der Waals surface area contributed by atoms with Gasteiger partial charge in [0.1, 0.15) is 0 Å². The van der Waals surface area contributed by atoms with E-state index in [0.717, 1.165) is 6.07 Å². The molecule has 3 aromatic rings. The molecule has 1 N–H and O–H groups in total. The molecule has 166 valence electrons. The molecule has 0 spiro atoms. The number of carbonyl (C=O) groups is 2. The van der Waals surface area contributed by atoms with Crippen LogP contribution in [0.3, 0.4) is 0 Å². The molecule has 0 unspecified atom stereocenters. The Morgan fingerprint density at radius 3 is 2.47 bits per heavy atom. The second-order valence-electron chi connectivity index (χ2n) is 7.40. The number of Topliss-reactive ketones (excluding diaryl/α,β-unsaturated/α-hetero) is 1. The average Bonchev–Trinajstić information content (AvgIpc) is 3.31. The third kappa shape index (κ3) is 3.70.